The van der Waals surface area contributed by atoms with Crippen LogP contribution in [-0.4, -0.2) is 37.2 Å². The van der Waals surface area contributed by atoms with Gasteiger partial charge >= 0.3 is 17.9 Å². The maximum Gasteiger partial charge on any atom is 0.306 e. The zero-order valence-electron chi connectivity index (χ0n) is 35.6. The summed E-state index contributed by atoms with van der Waals surface area (Å²) in [5, 5.41) is 0. The Balaban J connectivity index is 4.33. The van der Waals surface area contributed by atoms with Crippen LogP contribution < -0.4 is 0 Å². The Morgan fingerprint density at radius 2 is 0.673 bits per heavy atom. The van der Waals surface area contributed by atoms with Crippen molar-refractivity contribution in [3.8, 4) is 0 Å². The molecule has 1 unspecified atom stereocenters. The van der Waals surface area contributed by atoms with Gasteiger partial charge in [0.05, 0.1) is 0 Å². The summed E-state index contributed by atoms with van der Waals surface area (Å²) in [6, 6.07) is 0. The third kappa shape index (κ3) is 38.1. The van der Waals surface area contributed by atoms with E-state index in [1.165, 1.54) is 122 Å². The van der Waals surface area contributed by atoms with Gasteiger partial charge in [-0.3, -0.25) is 14.4 Å². The van der Waals surface area contributed by atoms with E-state index in [0.29, 0.717) is 19.3 Å². The molecule has 0 fully saturated rings. The first-order chi connectivity index (χ1) is 25.1. The van der Waals surface area contributed by atoms with E-state index in [4.69, 9.17) is 14.2 Å². The number of ether oxygens (including phenoxy) is 3. The summed E-state index contributed by atoms with van der Waals surface area (Å²) in [6.07, 6.45) is 33.8. The Morgan fingerprint density at radius 3 is 1.00 bits per heavy atom. The molecule has 308 valence electrons. The highest BCUT2D eigenvalue weighted by molar-refractivity contribution is 5.71. The van der Waals surface area contributed by atoms with Crippen LogP contribution in [0.15, 0.2) is 0 Å². The molecule has 0 saturated carbocycles. The van der Waals surface area contributed by atoms with Gasteiger partial charge in [-0.25, -0.2) is 0 Å². The fourth-order valence-electron chi connectivity index (χ4n) is 6.67. The van der Waals surface area contributed by atoms with Gasteiger partial charge in [0.1, 0.15) is 13.2 Å². The fraction of sp³-hybridized carbons (Fsp3) is 0.935. The lowest BCUT2D eigenvalue weighted by Gasteiger charge is -2.18. The molecule has 6 nitrogen and oxygen atoms in total. The highest BCUT2D eigenvalue weighted by Crippen LogP contribution is 2.17. The zero-order chi connectivity index (χ0) is 38.5. The Kier molecular flexibility index (Phi) is 36.6. The van der Waals surface area contributed by atoms with Crippen LogP contribution in [-0.2, 0) is 28.6 Å². The summed E-state index contributed by atoms with van der Waals surface area (Å²) in [4.78, 5) is 37.7. The average Bonchev–Trinajstić information content (AvgIpc) is 3.11. The molecule has 0 saturated heterocycles. The molecule has 0 aliphatic rings. The van der Waals surface area contributed by atoms with Crippen LogP contribution in [0.2, 0.25) is 0 Å². The number of rotatable bonds is 39. The molecule has 0 N–H and O–H groups in total. The predicted octanol–water partition coefficient (Wildman–Crippen LogP) is 14.0. The van der Waals surface area contributed by atoms with Gasteiger partial charge in [-0.1, -0.05) is 202 Å². The number of esters is 3. The molecule has 52 heavy (non-hydrogen) atoms. The van der Waals surface area contributed by atoms with Crippen LogP contribution >= 0.6 is 0 Å². The van der Waals surface area contributed by atoms with E-state index in [1.54, 1.807) is 0 Å². The van der Waals surface area contributed by atoms with E-state index in [0.717, 1.165) is 75.5 Å². The SMILES string of the molecule is CCC(C)CCCCCCCCC(=O)OC[C@@H](COC(=O)CCCCCCCCCCCCCC(C)C)OC(=O)CCCCCCCCCC(C)C. The molecule has 0 aromatic rings. The van der Waals surface area contributed by atoms with E-state index < -0.39 is 6.10 Å². The minimum atomic E-state index is -0.762. The van der Waals surface area contributed by atoms with Gasteiger partial charge in [0.25, 0.3) is 0 Å². The molecule has 0 spiro atoms. The first kappa shape index (κ1) is 50.4. The maximum absolute atomic E-state index is 12.7. The fourth-order valence-corrected chi connectivity index (χ4v) is 6.67. The third-order valence-electron chi connectivity index (χ3n) is 10.5. The molecule has 0 aliphatic heterocycles. The molecule has 0 aromatic heterocycles. The van der Waals surface area contributed by atoms with Crippen LogP contribution in [0.5, 0.6) is 0 Å². The number of carbonyl (C=O) groups is 3. The van der Waals surface area contributed by atoms with E-state index in [1.807, 2.05) is 0 Å². The van der Waals surface area contributed by atoms with Gasteiger partial charge in [-0.15, -0.1) is 0 Å². The van der Waals surface area contributed by atoms with Crippen molar-refractivity contribution >= 4 is 17.9 Å². The Bertz CT molecular complexity index is 809. The normalized spacial score (nSPS) is 12.7. The second kappa shape index (κ2) is 37.7. The van der Waals surface area contributed by atoms with Crippen LogP contribution in [0.3, 0.4) is 0 Å². The second-order valence-corrected chi connectivity index (χ2v) is 16.9. The van der Waals surface area contributed by atoms with Crippen molar-refractivity contribution < 1.29 is 28.6 Å². The summed E-state index contributed by atoms with van der Waals surface area (Å²) in [6.45, 7) is 13.6. The van der Waals surface area contributed by atoms with Crippen LogP contribution in [0.1, 0.15) is 241 Å². The lowest BCUT2D eigenvalue weighted by Crippen LogP contribution is -2.30. The molecule has 2 atom stereocenters. The first-order valence-corrected chi connectivity index (χ1v) is 22.6. The summed E-state index contributed by atoms with van der Waals surface area (Å²) >= 11 is 0. The molecule has 0 aromatic carbocycles. The maximum atomic E-state index is 12.7. The first-order valence-electron chi connectivity index (χ1n) is 22.6. The topological polar surface area (TPSA) is 78.9 Å². The summed E-state index contributed by atoms with van der Waals surface area (Å²) < 4.78 is 16.7. The van der Waals surface area contributed by atoms with Gasteiger partial charge in [0.2, 0.25) is 0 Å². The minimum Gasteiger partial charge on any atom is -0.462 e. The lowest BCUT2D eigenvalue weighted by atomic mass is 10.00. The Hall–Kier alpha value is -1.59. The van der Waals surface area contributed by atoms with Gasteiger partial charge in [-0.05, 0) is 37.0 Å². The van der Waals surface area contributed by atoms with Gasteiger partial charge < -0.3 is 14.2 Å². The standard InChI is InChI=1S/C46H88O6/c1-7-42(6)34-28-22-18-19-24-30-36-45(48)51-39-43(52-46(49)37-31-25-17-13-15-21-27-33-41(4)5)38-50-44(47)35-29-23-16-12-10-8-9-11-14-20-26-32-40(2)3/h40-43H,7-39H2,1-6H3/t42?,43-/m1/s1. The molecular formula is C46H88O6. The Morgan fingerprint density at radius 1 is 0.385 bits per heavy atom. The molecule has 0 rings (SSSR count). The van der Waals surface area contributed by atoms with Gasteiger partial charge in [0, 0.05) is 19.3 Å². The quantitative estimate of drug-likeness (QED) is 0.0355. The highest BCUT2D eigenvalue weighted by Gasteiger charge is 2.19. The van der Waals surface area contributed by atoms with Crippen LogP contribution in [0, 0.1) is 17.8 Å². The molecule has 6 heteroatoms. The van der Waals surface area contributed by atoms with E-state index >= 15 is 0 Å². The number of unbranched alkanes of at least 4 members (excludes halogenated alkanes) is 21. The summed E-state index contributed by atoms with van der Waals surface area (Å²) in [5.74, 6) is 1.55. The van der Waals surface area contributed by atoms with Crippen molar-refractivity contribution in [2.24, 2.45) is 17.8 Å². The molecule has 0 radical (unpaired) electrons. The van der Waals surface area contributed by atoms with Crippen molar-refractivity contribution in [2.75, 3.05) is 13.2 Å². The lowest BCUT2D eigenvalue weighted by molar-refractivity contribution is -0.167. The molecule has 0 heterocycles. The smallest absolute Gasteiger partial charge is 0.306 e. The average molecular weight is 737 g/mol. The second-order valence-electron chi connectivity index (χ2n) is 16.9. The van der Waals surface area contributed by atoms with E-state index in [9.17, 15) is 14.4 Å². The minimum absolute atomic E-state index is 0.0671. The monoisotopic (exact) mass is 737 g/mol. The number of hydrogen-bond donors (Lipinski definition) is 0. The van der Waals surface area contributed by atoms with Crippen molar-refractivity contribution in [3.63, 3.8) is 0 Å². The van der Waals surface area contributed by atoms with Crippen molar-refractivity contribution in [3.05, 3.63) is 0 Å². The predicted molar refractivity (Wildman–Crippen MR) is 219 cm³/mol. The Labute approximate surface area is 323 Å². The largest absolute Gasteiger partial charge is 0.462 e. The van der Waals surface area contributed by atoms with Crippen molar-refractivity contribution in [2.45, 2.75) is 247 Å². The molecule has 0 amide bonds. The summed E-state index contributed by atoms with van der Waals surface area (Å²) in [7, 11) is 0. The van der Waals surface area contributed by atoms with Crippen molar-refractivity contribution in [1.29, 1.82) is 0 Å². The highest BCUT2D eigenvalue weighted by atomic mass is 16.6. The van der Waals surface area contributed by atoms with Crippen LogP contribution in [0.25, 0.3) is 0 Å². The number of carbonyl (C=O) groups excluding carboxylic acids is 3. The zero-order valence-corrected chi connectivity index (χ0v) is 35.6. The molecule has 0 aliphatic carbocycles. The van der Waals surface area contributed by atoms with Crippen LogP contribution in [0.4, 0.5) is 0 Å². The van der Waals surface area contributed by atoms with E-state index in [2.05, 4.69) is 41.5 Å². The van der Waals surface area contributed by atoms with Gasteiger partial charge in [0.15, 0.2) is 6.10 Å². The van der Waals surface area contributed by atoms with E-state index in [-0.39, 0.29) is 31.1 Å². The van der Waals surface area contributed by atoms with Crippen molar-refractivity contribution in [1.82, 2.24) is 0 Å². The third-order valence-corrected chi connectivity index (χ3v) is 10.5. The molecular weight excluding hydrogens is 648 g/mol. The summed E-state index contributed by atoms with van der Waals surface area (Å²) in [5.41, 5.74) is 0. The van der Waals surface area contributed by atoms with Gasteiger partial charge in [-0.2, -0.15) is 0 Å². The molecule has 0 bridgehead atoms. The number of hydrogen-bond acceptors (Lipinski definition) is 6.